The second-order valence-corrected chi connectivity index (χ2v) is 4.69. The number of nitrogens with two attached hydrogens (primary N) is 2. The van der Waals surface area contributed by atoms with Crippen molar-refractivity contribution >= 4 is 35.0 Å². The Morgan fingerprint density at radius 3 is 2.65 bits per heavy atom. The predicted octanol–water partition coefficient (Wildman–Crippen LogP) is 2.81. The zero-order chi connectivity index (χ0) is 14.5. The molecule has 102 valence electrons. The third-order valence-electron chi connectivity index (χ3n) is 2.78. The van der Waals surface area contributed by atoms with E-state index in [1.807, 2.05) is 0 Å². The highest BCUT2D eigenvalue weighted by Gasteiger charge is 2.07. The predicted molar refractivity (Wildman–Crippen MR) is 83.5 cm³/mol. The van der Waals surface area contributed by atoms with Gasteiger partial charge in [-0.3, -0.25) is 9.79 Å². The first-order valence-electron chi connectivity index (χ1n) is 6.00. The van der Waals surface area contributed by atoms with E-state index in [-0.39, 0.29) is 12.3 Å². The van der Waals surface area contributed by atoms with Crippen LogP contribution < -0.4 is 11.5 Å². The van der Waals surface area contributed by atoms with Gasteiger partial charge in [-0.15, -0.1) is 0 Å². The Morgan fingerprint density at radius 1 is 1.15 bits per heavy atom. The van der Waals surface area contributed by atoms with Crippen LogP contribution in [0.5, 0.6) is 0 Å². The first kappa shape index (κ1) is 14.1. The quantitative estimate of drug-likeness (QED) is 0.515. The maximum atomic E-state index is 12.0. The van der Waals surface area contributed by atoms with Gasteiger partial charge in [0.2, 0.25) is 0 Å². The number of aliphatic imine (C=N–C) groups is 1. The SMILES string of the molecule is Nc1ccc(Cl)cc1C=NCC(=O)c1ccccc1N. The number of nitrogen functional groups attached to an aromatic ring is 2. The van der Waals surface area contributed by atoms with Crippen molar-refractivity contribution in [2.24, 2.45) is 4.99 Å². The lowest BCUT2D eigenvalue weighted by atomic mass is 10.1. The molecule has 20 heavy (non-hydrogen) atoms. The van der Waals surface area contributed by atoms with Crippen LogP contribution in [0.3, 0.4) is 0 Å². The maximum absolute atomic E-state index is 12.0. The van der Waals surface area contributed by atoms with Crippen LogP contribution in [0.1, 0.15) is 15.9 Å². The van der Waals surface area contributed by atoms with Crippen molar-refractivity contribution in [2.45, 2.75) is 0 Å². The molecule has 5 heteroatoms. The lowest BCUT2D eigenvalue weighted by molar-refractivity contribution is 0.100. The lowest BCUT2D eigenvalue weighted by Gasteiger charge is -2.02. The van der Waals surface area contributed by atoms with Gasteiger partial charge in [0, 0.05) is 33.7 Å². The molecule has 0 saturated heterocycles. The van der Waals surface area contributed by atoms with Crippen LogP contribution in [0.4, 0.5) is 11.4 Å². The van der Waals surface area contributed by atoms with E-state index in [0.29, 0.717) is 27.5 Å². The average molecular weight is 288 g/mol. The molecule has 0 unspecified atom stereocenters. The fraction of sp³-hybridized carbons (Fsp3) is 0.0667. The molecule has 0 saturated carbocycles. The second kappa shape index (κ2) is 6.21. The van der Waals surface area contributed by atoms with E-state index < -0.39 is 0 Å². The molecule has 0 radical (unpaired) electrons. The Hall–Kier alpha value is -2.33. The Balaban J connectivity index is 2.09. The molecule has 0 aromatic heterocycles. The highest BCUT2D eigenvalue weighted by Crippen LogP contribution is 2.16. The number of anilines is 2. The summed E-state index contributed by atoms with van der Waals surface area (Å²) >= 11 is 5.87. The minimum absolute atomic E-state index is 0.0141. The van der Waals surface area contributed by atoms with Crippen molar-refractivity contribution in [1.29, 1.82) is 0 Å². The highest BCUT2D eigenvalue weighted by atomic mass is 35.5. The van der Waals surface area contributed by atoms with E-state index >= 15 is 0 Å². The minimum atomic E-state index is -0.139. The molecule has 4 N–H and O–H groups in total. The van der Waals surface area contributed by atoms with E-state index in [1.165, 1.54) is 6.21 Å². The van der Waals surface area contributed by atoms with Gasteiger partial charge in [0.25, 0.3) is 0 Å². The standard InChI is InChI=1S/C15H14ClN3O/c16-11-5-6-13(17)10(7-11)8-19-9-15(20)12-3-1-2-4-14(12)18/h1-8H,9,17-18H2. The van der Waals surface area contributed by atoms with Gasteiger partial charge in [-0.1, -0.05) is 23.7 Å². The van der Waals surface area contributed by atoms with Crippen LogP contribution in [0.15, 0.2) is 47.5 Å². The van der Waals surface area contributed by atoms with Crippen molar-refractivity contribution < 1.29 is 4.79 Å². The molecule has 2 aromatic rings. The van der Waals surface area contributed by atoms with Crippen LogP contribution in [0.25, 0.3) is 0 Å². The van der Waals surface area contributed by atoms with E-state index in [1.54, 1.807) is 42.5 Å². The first-order chi connectivity index (χ1) is 9.58. The maximum Gasteiger partial charge on any atom is 0.186 e. The third kappa shape index (κ3) is 3.36. The van der Waals surface area contributed by atoms with Gasteiger partial charge >= 0.3 is 0 Å². The fourth-order valence-electron chi connectivity index (χ4n) is 1.72. The Bertz CT molecular complexity index is 668. The smallest absolute Gasteiger partial charge is 0.186 e. The van der Waals surface area contributed by atoms with E-state index in [0.717, 1.165) is 0 Å². The summed E-state index contributed by atoms with van der Waals surface area (Å²) in [5.74, 6) is -0.139. The van der Waals surface area contributed by atoms with Gasteiger partial charge < -0.3 is 11.5 Å². The number of nitrogens with zero attached hydrogens (tertiary/aromatic N) is 1. The highest BCUT2D eigenvalue weighted by molar-refractivity contribution is 6.31. The van der Waals surface area contributed by atoms with Crippen LogP contribution in [0, 0.1) is 0 Å². The summed E-state index contributed by atoms with van der Waals surface area (Å²) in [6.07, 6.45) is 1.54. The van der Waals surface area contributed by atoms with Gasteiger partial charge in [-0.2, -0.15) is 0 Å². The number of ketones is 1. The number of hydrogen-bond donors (Lipinski definition) is 2. The number of para-hydroxylation sites is 1. The molecule has 0 spiro atoms. The summed E-state index contributed by atoms with van der Waals surface area (Å²) in [4.78, 5) is 16.0. The van der Waals surface area contributed by atoms with Gasteiger partial charge in [-0.25, -0.2) is 0 Å². The molecule has 2 aromatic carbocycles. The Labute approximate surface area is 122 Å². The summed E-state index contributed by atoms with van der Waals surface area (Å²) in [6.45, 7) is 0.0141. The number of hydrogen-bond acceptors (Lipinski definition) is 4. The number of halogens is 1. The first-order valence-corrected chi connectivity index (χ1v) is 6.38. The molecular weight excluding hydrogens is 274 g/mol. The summed E-state index contributed by atoms with van der Waals surface area (Å²) in [5, 5.41) is 0.569. The van der Waals surface area contributed by atoms with Crippen molar-refractivity contribution in [3.63, 3.8) is 0 Å². The van der Waals surface area contributed by atoms with Crippen molar-refractivity contribution in [3.8, 4) is 0 Å². The molecule has 0 aliphatic rings. The molecule has 0 bridgehead atoms. The molecule has 0 atom stereocenters. The topological polar surface area (TPSA) is 81.5 Å². The third-order valence-corrected chi connectivity index (χ3v) is 3.01. The second-order valence-electron chi connectivity index (χ2n) is 4.25. The number of carbonyl (C=O) groups is 1. The minimum Gasteiger partial charge on any atom is -0.398 e. The number of benzene rings is 2. The zero-order valence-corrected chi connectivity index (χ0v) is 11.5. The zero-order valence-electron chi connectivity index (χ0n) is 10.7. The monoisotopic (exact) mass is 287 g/mol. The van der Waals surface area contributed by atoms with Gasteiger partial charge in [-0.05, 0) is 30.3 Å². The molecule has 0 amide bonds. The van der Waals surface area contributed by atoms with E-state index in [2.05, 4.69) is 4.99 Å². The average Bonchev–Trinajstić information content (AvgIpc) is 2.43. The van der Waals surface area contributed by atoms with Gasteiger partial charge in [0.15, 0.2) is 5.78 Å². The van der Waals surface area contributed by atoms with Crippen molar-refractivity contribution in [3.05, 3.63) is 58.6 Å². The molecule has 0 heterocycles. The van der Waals surface area contributed by atoms with Crippen molar-refractivity contribution in [1.82, 2.24) is 0 Å². The van der Waals surface area contributed by atoms with Gasteiger partial charge in [0.05, 0.1) is 0 Å². The number of carbonyl (C=O) groups excluding carboxylic acids is 1. The summed E-state index contributed by atoms with van der Waals surface area (Å²) < 4.78 is 0. The summed E-state index contributed by atoms with van der Waals surface area (Å²) in [6, 6.07) is 12.0. The molecule has 4 nitrogen and oxygen atoms in total. The Morgan fingerprint density at radius 2 is 1.90 bits per heavy atom. The van der Waals surface area contributed by atoms with Gasteiger partial charge in [0.1, 0.15) is 6.54 Å². The van der Waals surface area contributed by atoms with E-state index in [9.17, 15) is 4.79 Å². The van der Waals surface area contributed by atoms with Crippen molar-refractivity contribution in [2.75, 3.05) is 18.0 Å². The largest absolute Gasteiger partial charge is 0.398 e. The van der Waals surface area contributed by atoms with Crippen LogP contribution in [-0.4, -0.2) is 18.5 Å². The molecule has 0 aliphatic carbocycles. The van der Waals surface area contributed by atoms with Crippen LogP contribution in [0.2, 0.25) is 5.02 Å². The molecule has 2 rings (SSSR count). The lowest BCUT2D eigenvalue weighted by Crippen LogP contribution is -2.07. The van der Waals surface area contributed by atoms with Crippen LogP contribution in [-0.2, 0) is 0 Å². The summed E-state index contributed by atoms with van der Waals surface area (Å²) in [7, 11) is 0. The normalized spacial score (nSPS) is 10.8. The fourth-order valence-corrected chi connectivity index (χ4v) is 1.90. The molecule has 0 fully saturated rings. The number of rotatable bonds is 4. The van der Waals surface area contributed by atoms with E-state index in [4.69, 9.17) is 23.1 Å². The molecular formula is C15H14ClN3O. The number of Topliss-reactive ketones (excluding diaryl/α,β-unsaturated/α-hetero) is 1. The molecule has 0 aliphatic heterocycles. The van der Waals surface area contributed by atoms with Crippen LogP contribution >= 0.6 is 11.6 Å². The summed E-state index contributed by atoms with van der Waals surface area (Å²) in [5.41, 5.74) is 13.7. The Kier molecular flexibility index (Phi) is 4.38.